The van der Waals surface area contributed by atoms with Crippen LogP contribution < -0.4 is 4.74 Å². The van der Waals surface area contributed by atoms with Crippen molar-refractivity contribution in [1.29, 1.82) is 0 Å². The second-order valence-electron chi connectivity index (χ2n) is 6.06. The fourth-order valence-corrected chi connectivity index (χ4v) is 3.09. The number of rotatable bonds is 6. The third kappa shape index (κ3) is 4.66. The van der Waals surface area contributed by atoms with Crippen molar-refractivity contribution in [2.24, 2.45) is 0 Å². The van der Waals surface area contributed by atoms with Gasteiger partial charge in [-0.3, -0.25) is 4.79 Å². The van der Waals surface area contributed by atoms with Gasteiger partial charge in [-0.25, -0.2) is 4.79 Å². The molecular weight excluding hydrogens is 402 g/mol. The average Bonchev–Trinajstić information content (AvgIpc) is 2.96. The van der Waals surface area contributed by atoms with Crippen LogP contribution in [0, 0.1) is 13.8 Å². The molecule has 0 saturated heterocycles. The lowest BCUT2D eigenvalue weighted by atomic mass is 10.2. The van der Waals surface area contributed by atoms with Gasteiger partial charge >= 0.3 is 5.97 Å². The minimum atomic E-state index is -0.671. The van der Waals surface area contributed by atoms with Crippen LogP contribution in [0.1, 0.15) is 34.4 Å². The van der Waals surface area contributed by atoms with Crippen LogP contribution >= 0.6 is 15.9 Å². The molecule has 0 saturated carbocycles. The van der Waals surface area contributed by atoms with E-state index in [1.54, 1.807) is 27.0 Å². The number of esters is 1. The molecule has 2 rings (SSSR count). The fraction of sp³-hybridized carbons (Fsp3) is 0.368. The van der Waals surface area contributed by atoms with Crippen LogP contribution in [0.15, 0.2) is 33.2 Å². The summed E-state index contributed by atoms with van der Waals surface area (Å²) in [5.74, 6) is 0.897. The summed E-state index contributed by atoms with van der Waals surface area (Å²) < 4.78 is 16.8. The summed E-state index contributed by atoms with van der Waals surface area (Å²) in [7, 11) is 2.97. The summed E-state index contributed by atoms with van der Waals surface area (Å²) >= 11 is 3.44. The molecule has 0 spiro atoms. The van der Waals surface area contributed by atoms with Crippen LogP contribution in [0.4, 0.5) is 0 Å². The Morgan fingerprint density at radius 3 is 2.58 bits per heavy atom. The molecule has 1 aromatic heterocycles. The van der Waals surface area contributed by atoms with Crippen molar-refractivity contribution in [2.75, 3.05) is 14.2 Å². The Morgan fingerprint density at radius 1 is 1.27 bits per heavy atom. The van der Waals surface area contributed by atoms with E-state index in [0.29, 0.717) is 22.8 Å². The molecular formula is C19H22BrNO5. The summed E-state index contributed by atoms with van der Waals surface area (Å²) in [6.07, 6.45) is -0.671. The van der Waals surface area contributed by atoms with Crippen molar-refractivity contribution < 1.29 is 23.5 Å². The largest absolute Gasteiger partial charge is 0.480 e. The molecule has 0 bridgehead atoms. The van der Waals surface area contributed by atoms with Gasteiger partial charge in [-0.2, -0.15) is 0 Å². The number of amides is 1. The third-order valence-electron chi connectivity index (χ3n) is 3.88. The number of aryl methyl sites for hydroxylation is 2. The highest BCUT2D eigenvalue weighted by Crippen LogP contribution is 2.27. The van der Waals surface area contributed by atoms with Gasteiger partial charge in [0, 0.05) is 7.05 Å². The first-order valence-corrected chi connectivity index (χ1v) is 8.87. The molecule has 1 atom stereocenters. The Labute approximate surface area is 161 Å². The molecule has 0 radical (unpaired) electrons. The molecule has 0 N–H and O–H groups in total. The van der Waals surface area contributed by atoms with Crippen molar-refractivity contribution in [2.45, 2.75) is 33.4 Å². The molecule has 1 aromatic carbocycles. The number of carbonyl (C=O) groups is 2. The predicted molar refractivity (Wildman–Crippen MR) is 100 cm³/mol. The maximum Gasteiger partial charge on any atom is 0.341 e. The summed E-state index contributed by atoms with van der Waals surface area (Å²) in [6, 6.07) is 7.26. The second kappa shape index (κ2) is 8.40. The molecule has 1 amide bonds. The van der Waals surface area contributed by atoms with E-state index >= 15 is 0 Å². The Balaban J connectivity index is 2.03. The fourth-order valence-electron chi connectivity index (χ4n) is 2.50. The number of furan rings is 1. The summed E-state index contributed by atoms with van der Waals surface area (Å²) in [6.45, 7) is 5.57. The average molecular weight is 424 g/mol. The van der Waals surface area contributed by atoms with Gasteiger partial charge in [-0.15, -0.1) is 0 Å². The number of halogens is 1. The first-order valence-electron chi connectivity index (χ1n) is 8.08. The third-order valence-corrected chi connectivity index (χ3v) is 4.50. The molecule has 2 aromatic rings. The zero-order chi connectivity index (χ0) is 19.4. The molecule has 0 fully saturated rings. The zero-order valence-corrected chi connectivity index (χ0v) is 17.0. The van der Waals surface area contributed by atoms with Gasteiger partial charge in [-0.05, 0) is 60.5 Å². The molecule has 7 heteroatoms. The monoisotopic (exact) mass is 423 g/mol. The van der Waals surface area contributed by atoms with Crippen LogP contribution in [-0.2, 0) is 16.1 Å². The quantitative estimate of drug-likeness (QED) is 0.659. The van der Waals surface area contributed by atoms with Crippen LogP contribution in [0.5, 0.6) is 5.75 Å². The molecule has 6 nitrogen and oxygen atoms in total. The molecule has 26 heavy (non-hydrogen) atoms. The lowest BCUT2D eigenvalue weighted by Gasteiger charge is -2.22. The van der Waals surface area contributed by atoms with Crippen LogP contribution in [0.25, 0.3) is 0 Å². The highest BCUT2D eigenvalue weighted by atomic mass is 79.9. The van der Waals surface area contributed by atoms with E-state index in [9.17, 15) is 9.59 Å². The second-order valence-corrected chi connectivity index (χ2v) is 6.92. The van der Waals surface area contributed by atoms with Gasteiger partial charge < -0.3 is 18.8 Å². The summed E-state index contributed by atoms with van der Waals surface area (Å²) in [5.41, 5.74) is 1.45. The molecule has 0 aliphatic heterocycles. The van der Waals surface area contributed by atoms with Crippen LogP contribution in [0.3, 0.4) is 0 Å². The number of nitrogens with zero attached hydrogens (tertiary/aromatic N) is 1. The maximum absolute atomic E-state index is 12.6. The number of methoxy groups -OCH3 is 1. The first-order chi connectivity index (χ1) is 12.2. The first kappa shape index (κ1) is 20.0. The van der Waals surface area contributed by atoms with E-state index in [4.69, 9.17) is 13.9 Å². The van der Waals surface area contributed by atoms with Gasteiger partial charge in [0.15, 0.2) is 6.10 Å². The lowest BCUT2D eigenvalue weighted by molar-refractivity contribution is -0.137. The van der Waals surface area contributed by atoms with E-state index in [-0.39, 0.29) is 12.5 Å². The summed E-state index contributed by atoms with van der Waals surface area (Å²) in [5, 5.41) is 0. The number of hydrogen-bond donors (Lipinski definition) is 0. The number of likely N-dealkylation sites (N-methyl/N-ethyl adjacent to an activating group) is 1. The van der Waals surface area contributed by atoms with Crippen LogP contribution in [-0.4, -0.2) is 37.0 Å². The standard InChI is InChI=1S/C19H22BrNO5/c1-11-6-7-17(16(20)8-11)26-13(3)18(22)21(4)10-14-9-15(12(2)25-14)19(23)24-5/h6-9,13H,10H2,1-5H3. The topological polar surface area (TPSA) is 69.0 Å². The molecule has 0 aliphatic rings. The van der Waals surface area contributed by atoms with E-state index in [0.717, 1.165) is 10.0 Å². The SMILES string of the molecule is COC(=O)c1cc(CN(C)C(=O)C(C)Oc2ccc(C)cc2Br)oc1C. The van der Waals surface area contributed by atoms with Gasteiger partial charge in [-0.1, -0.05) is 6.07 Å². The predicted octanol–water partition coefficient (Wildman–Crippen LogP) is 3.87. The molecule has 1 heterocycles. The molecule has 140 valence electrons. The number of ether oxygens (including phenoxy) is 2. The normalized spacial score (nSPS) is 11.8. The van der Waals surface area contributed by atoms with Crippen molar-refractivity contribution in [3.05, 3.63) is 51.4 Å². The highest BCUT2D eigenvalue weighted by molar-refractivity contribution is 9.10. The Bertz CT molecular complexity index is 814. The highest BCUT2D eigenvalue weighted by Gasteiger charge is 2.22. The number of hydrogen-bond acceptors (Lipinski definition) is 5. The minimum absolute atomic E-state index is 0.203. The number of benzene rings is 1. The van der Waals surface area contributed by atoms with Gasteiger partial charge in [0.05, 0.1) is 18.1 Å². The maximum atomic E-state index is 12.6. The van der Waals surface area contributed by atoms with E-state index in [2.05, 4.69) is 15.9 Å². The Hall–Kier alpha value is -2.28. The zero-order valence-electron chi connectivity index (χ0n) is 15.5. The van der Waals surface area contributed by atoms with Crippen molar-refractivity contribution >= 4 is 27.8 Å². The Morgan fingerprint density at radius 2 is 1.96 bits per heavy atom. The summed E-state index contributed by atoms with van der Waals surface area (Å²) in [4.78, 5) is 25.7. The molecule has 1 unspecified atom stereocenters. The lowest BCUT2D eigenvalue weighted by Crippen LogP contribution is -2.37. The van der Waals surface area contributed by atoms with E-state index in [1.807, 2.05) is 25.1 Å². The van der Waals surface area contributed by atoms with Crippen molar-refractivity contribution in [3.8, 4) is 5.75 Å². The van der Waals surface area contributed by atoms with Crippen LogP contribution in [0.2, 0.25) is 0 Å². The van der Waals surface area contributed by atoms with Crippen molar-refractivity contribution in [3.63, 3.8) is 0 Å². The van der Waals surface area contributed by atoms with E-state index < -0.39 is 12.1 Å². The minimum Gasteiger partial charge on any atom is -0.480 e. The van der Waals surface area contributed by atoms with E-state index in [1.165, 1.54) is 12.0 Å². The molecule has 0 aliphatic carbocycles. The smallest absolute Gasteiger partial charge is 0.341 e. The Kier molecular flexibility index (Phi) is 6.47. The van der Waals surface area contributed by atoms with Gasteiger partial charge in [0.1, 0.15) is 22.8 Å². The van der Waals surface area contributed by atoms with Gasteiger partial charge in [0.25, 0.3) is 5.91 Å². The number of carbonyl (C=O) groups excluding carboxylic acids is 2. The van der Waals surface area contributed by atoms with Gasteiger partial charge in [0.2, 0.25) is 0 Å². The van der Waals surface area contributed by atoms with Crippen molar-refractivity contribution in [1.82, 2.24) is 4.90 Å².